The van der Waals surface area contributed by atoms with Crippen LogP contribution in [0, 0.1) is 13.8 Å². The second-order valence-electron chi connectivity index (χ2n) is 4.93. The Balaban J connectivity index is 2.22. The van der Waals surface area contributed by atoms with Crippen LogP contribution in [0.5, 0.6) is 0 Å². The molecular weight excluding hydrogens is 256 g/mol. The topological polar surface area (TPSA) is 24.9 Å². The molecule has 1 aromatic heterocycles. The SMILES string of the molecule is CNC(Cc1ccc(C)cn1)c1cc(C)cc(Cl)c1. The first-order valence-electron chi connectivity index (χ1n) is 6.44. The summed E-state index contributed by atoms with van der Waals surface area (Å²) in [7, 11) is 1.97. The summed E-state index contributed by atoms with van der Waals surface area (Å²) in [5, 5.41) is 4.12. The van der Waals surface area contributed by atoms with Crippen molar-refractivity contribution in [2.75, 3.05) is 7.05 Å². The minimum absolute atomic E-state index is 0.229. The van der Waals surface area contributed by atoms with Crippen LogP contribution >= 0.6 is 11.6 Å². The molecule has 0 saturated carbocycles. The fraction of sp³-hybridized carbons (Fsp3) is 0.312. The Hall–Kier alpha value is -1.38. The summed E-state index contributed by atoms with van der Waals surface area (Å²) in [4.78, 5) is 4.46. The predicted molar refractivity (Wildman–Crippen MR) is 80.7 cm³/mol. The second kappa shape index (κ2) is 6.18. The predicted octanol–water partition coefficient (Wildman–Crippen LogP) is 3.86. The number of aromatic nitrogens is 1. The van der Waals surface area contributed by atoms with E-state index < -0.39 is 0 Å². The molecule has 0 aliphatic carbocycles. The third-order valence-electron chi connectivity index (χ3n) is 3.20. The van der Waals surface area contributed by atoms with Gasteiger partial charge in [0.15, 0.2) is 0 Å². The standard InChI is InChI=1S/C16H19ClN2/c1-11-4-5-15(19-10-11)9-16(18-3)13-6-12(2)7-14(17)8-13/h4-8,10,16,18H,9H2,1-3H3. The van der Waals surface area contributed by atoms with Crippen molar-refractivity contribution in [2.45, 2.75) is 26.3 Å². The number of rotatable bonds is 4. The Morgan fingerprint density at radius 1 is 1.16 bits per heavy atom. The van der Waals surface area contributed by atoms with Crippen LogP contribution in [0.4, 0.5) is 0 Å². The molecule has 19 heavy (non-hydrogen) atoms. The van der Waals surface area contributed by atoms with Crippen molar-refractivity contribution in [1.29, 1.82) is 0 Å². The van der Waals surface area contributed by atoms with E-state index in [1.807, 2.05) is 32.3 Å². The van der Waals surface area contributed by atoms with Crippen molar-refractivity contribution in [3.8, 4) is 0 Å². The third kappa shape index (κ3) is 3.79. The fourth-order valence-corrected chi connectivity index (χ4v) is 2.48. The van der Waals surface area contributed by atoms with Gasteiger partial charge < -0.3 is 5.32 Å². The van der Waals surface area contributed by atoms with Crippen LogP contribution in [0.25, 0.3) is 0 Å². The molecule has 2 aromatic rings. The van der Waals surface area contributed by atoms with Crippen LogP contribution in [-0.2, 0) is 6.42 Å². The summed E-state index contributed by atoms with van der Waals surface area (Å²) in [5.41, 5.74) is 4.65. The van der Waals surface area contributed by atoms with E-state index in [0.29, 0.717) is 0 Å². The Morgan fingerprint density at radius 2 is 1.95 bits per heavy atom. The van der Waals surface area contributed by atoms with Gasteiger partial charge in [-0.3, -0.25) is 4.98 Å². The van der Waals surface area contributed by atoms with Gasteiger partial charge in [0.1, 0.15) is 0 Å². The molecule has 3 heteroatoms. The van der Waals surface area contributed by atoms with Crippen molar-refractivity contribution in [3.63, 3.8) is 0 Å². The highest BCUT2D eigenvalue weighted by atomic mass is 35.5. The molecule has 100 valence electrons. The largest absolute Gasteiger partial charge is 0.313 e. The van der Waals surface area contributed by atoms with Gasteiger partial charge in [-0.05, 0) is 55.8 Å². The quantitative estimate of drug-likeness (QED) is 0.916. The summed E-state index contributed by atoms with van der Waals surface area (Å²) in [6, 6.07) is 10.6. The summed E-state index contributed by atoms with van der Waals surface area (Å²) >= 11 is 6.13. The van der Waals surface area contributed by atoms with E-state index in [-0.39, 0.29) is 6.04 Å². The van der Waals surface area contributed by atoms with E-state index in [1.165, 1.54) is 16.7 Å². The van der Waals surface area contributed by atoms with Gasteiger partial charge in [0, 0.05) is 29.4 Å². The zero-order valence-corrected chi connectivity index (χ0v) is 12.3. The number of aryl methyl sites for hydroxylation is 2. The smallest absolute Gasteiger partial charge is 0.0422 e. The van der Waals surface area contributed by atoms with Crippen LogP contribution in [0.3, 0.4) is 0 Å². The first-order chi connectivity index (χ1) is 9.08. The number of likely N-dealkylation sites (N-methyl/N-ethyl adjacent to an activating group) is 1. The van der Waals surface area contributed by atoms with Crippen molar-refractivity contribution in [3.05, 3.63) is 63.9 Å². The van der Waals surface area contributed by atoms with Crippen LogP contribution in [0.15, 0.2) is 36.5 Å². The first kappa shape index (κ1) is 14.0. The Labute approximate surface area is 119 Å². The molecule has 1 heterocycles. The summed E-state index contributed by atoms with van der Waals surface area (Å²) in [6.45, 7) is 4.11. The van der Waals surface area contributed by atoms with Crippen molar-refractivity contribution >= 4 is 11.6 Å². The number of hydrogen-bond donors (Lipinski definition) is 1. The number of hydrogen-bond acceptors (Lipinski definition) is 2. The Bertz CT molecular complexity index is 529. The average Bonchev–Trinajstić information content (AvgIpc) is 2.37. The van der Waals surface area contributed by atoms with Gasteiger partial charge >= 0.3 is 0 Å². The van der Waals surface area contributed by atoms with E-state index in [1.54, 1.807) is 0 Å². The number of nitrogens with zero attached hydrogens (tertiary/aromatic N) is 1. The molecule has 1 N–H and O–H groups in total. The summed E-state index contributed by atoms with van der Waals surface area (Å²) in [6.07, 6.45) is 2.77. The van der Waals surface area contributed by atoms with E-state index in [9.17, 15) is 0 Å². The third-order valence-corrected chi connectivity index (χ3v) is 3.42. The van der Waals surface area contributed by atoms with Gasteiger partial charge in [0.25, 0.3) is 0 Å². The highest BCUT2D eigenvalue weighted by molar-refractivity contribution is 6.30. The molecule has 0 aliphatic heterocycles. The zero-order chi connectivity index (χ0) is 13.8. The molecule has 1 atom stereocenters. The van der Waals surface area contributed by atoms with Crippen LogP contribution in [0.2, 0.25) is 5.02 Å². The molecule has 0 saturated heterocycles. The van der Waals surface area contributed by atoms with Crippen LogP contribution in [-0.4, -0.2) is 12.0 Å². The number of halogens is 1. The molecule has 1 aromatic carbocycles. The molecule has 2 nitrogen and oxygen atoms in total. The molecule has 2 rings (SSSR count). The van der Waals surface area contributed by atoms with Crippen molar-refractivity contribution < 1.29 is 0 Å². The molecule has 0 amide bonds. The Morgan fingerprint density at radius 3 is 2.53 bits per heavy atom. The minimum Gasteiger partial charge on any atom is -0.313 e. The van der Waals surface area contributed by atoms with E-state index in [4.69, 9.17) is 11.6 Å². The minimum atomic E-state index is 0.229. The lowest BCUT2D eigenvalue weighted by Gasteiger charge is -2.17. The van der Waals surface area contributed by atoms with E-state index >= 15 is 0 Å². The lowest BCUT2D eigenvalue weighted by Crippen LogP contribution is -2.19. The normalized spacial score (nSPS) is 12.4. The summed E-state index contributed by atoms with van der Waals surface area (Å²) < 4.78 is 0. The van der Waals surface area contributed by atoms with Gasteiger partial charge in [-0.2, -0.15) is 0 Å². The van der Waals surface area contributed by atoms with Gasteiger partial charge in [0.05, 0.1) is 0 Å². The van der Waals surface area contributed by atoms with Crippen LogP contribution in [0.1, 0.15) is 28.4 Å². The van der Waals surface area contributed by atoms with E-state index in [0.717, 1.165) is 17.1 Å². The number of nitrogens with one attached hydrogen (secondary N) is 1. The van der Waals surface area contributed by atoms with Crippen molar-refractivity contribution in [1.82, 2.24) is 10.3 Å². The monoisotopic (exact) mass is 274 g/mol. The molecule has 0 aliphatic rings. The maximum absolute atomic E-state index is 6.13. The molecule has 0 fully saturated rings. The first-order valence-corrected chi connectivity index (χ1v) is 6.82. The molecule has 0 bridgehead atoms. The van der Waals surface area contributed by atoms with Gasteiger partial charge in [-0.15, -0.1) is 0 Å². The number of benzene rings is 1. The molecule has 0 radical (unpaired) electrons. The summed E-state index contributed by atoms with van der Waals surface area (Å²) in [5.74, 6) is 0. The molecular formula is C16H19ClN2. The average molecular weight is 275 g/mol. The fourth-order valence-electron chi connectivity index (χ4n) is 2.18. The molecule has 0 spiro atoms. The molecule has 1 unspecified atom stereocenters. The van der Waals surface area contributed by atoms with Gasteiger partial charge in [0.2, 0.25) is 0 Å². The van der Waals surface area contributed by atoms with Gasteiger partial charge in [-0.25, -0.2) is 0 Å². The van der Waals surface area contributed by atoms with Crippen molar-refractivity contribution in [2.24, 2.45) is 0 Å². The Kier molecular flexibility index (Phi) is 4.56. The zero-order valence-electron chi connectivity index (χ0n) is 11.6. The maximum Gasteiger partial charge on any atom is 0.0422 e. The van der Waals surface area contributed by atoms with Crippen LogP contribution < -0.4 is 5.32 Å². The lowest BCUT2D eigenvalue weighted by molar-refractivity contribution is 0.584. The van der Waals surface area contributed by atoms with E-state index in [2.05, 4.69) is 35.4 Å². The number of pyridine rings is 1. The second-order valence-corrected chi connectivity index (χ2v) is 5.37. The van der Waals surface area contributed by atoms with Gasteiger partial charge in [-0.1, -0.05) is 23.7 Å². The highest BCUT2D eigenvalue weighted by Crippen LogP contribution is 2.22. The highest BCUT2D eigenvalue weighted by Gasteiger charge is 2.12. The maximum atomic E-state index is 6.13. The lowest BCUT2D eigenvalue weighted by atomic mass is 10.00.